The summed E-state index contributed by atoms with van der Waals surface area (Å²) in [5.74, 6) is 0.122. The molecule has 0 spiro atoms. The van der Waals surface area contributed by atoms with Gasteiger partial charge in [-0.05, 0) is 19.1 Å². The number of nitrogens with zero attached hydrogens (tertiary/aromatic N) is 3. The number of carbonyl (C=O) groups excluding carboxylic acids is 1. The molecule has 1 aromatic rings. The van der Waals surface area contributed by atoms with Crippen molar-refractivity contribution in [1.29, 1.82) is 0 Å². The molecule has 0 N–H and O–H groups in total. The summed E-state index contributed by atoms with van der Waals surface area (Å²) < 4.78 is 5.20. The van der Waals surface area contributed by atoms with Gasteiger partial charge in [-0.15, -0.1) is 0 Å². The van der Waals surface area contributed by atoms with E-state index in [9.17, 15) is 14.9 Å². The van der Waals surface area contributed by atoms with Crippen molar-refractivity contribution >= 4 is 17.3 Å². The average molecular weight is 307 g/mol. The van der Waals surface area contributed by atoms with Crippen molar-refractivity contribution in [2.75, 3.05) is 44.3 Å². The molecule has 7 heteroatoms. The zero-order valence-electron chi connectivity index (χ0n) is 12.7. The molecule has 1 fully saturated rings. The van der Waals surface area contributed by atoms with Crippen LogP contribution in [0.4, 0.5) is 11.4 Å². The van der Waals surface area contributed by atoms with Gasteiger partial charge in [-0.1, -0.05) is 0 Å². The molecule has 1 saturated heterocycles. The van der Waals surface area contributed by atoms with Crippen LogP contribution in [0.3, 0.4) is 0 Å². The molecule has 2 rings (SSSR count). The second-order valence-electron chi connectivity index (χ2n) is 5.09. The quantitative estimate of drug-likeness (QED) is 0.454. The third-order valence-electron chi connectivity index (χ3n) is 3.72. The number of ether oxygens (including phenoxy) is 1. The monoisotopic (exact) mass is 307 g/mol. The summed E-state index contributed by atoms with van der Waals surface area (Å²) in [4.78, 5) is 26.2. The lowest BCUT2D eigenvalue weighted by Crippen LogP contribution is -2.49. The van der Waals surface area contributed by atoms with Crippen LogP contribution in [0.5, 0.6) is 0 Å². The van der Waals surface area contributed by atoms with Gasteiger partial charge in [0, 0.05) is 50.6 Å². The predicted octanol–water partition coefficient (Wildman–Crippen LogP) is 1.67. The van der Waals surface area contributed by atoms with Crippen molar-refractivity contribution in [1.82, 2.24) is 4.90 Å². The number of rotatable bonds is 6. The summed E-state index contributed by atoms with van der Waals surface area (Å²) in [5, 5.41) is 10.7. The third kappa shape index (κ3) is 4.17. The van der Waals surface area contributed by atoms with Gasteiger partial charge in [-0.25, -0.2) is 0 Å². The number of non-ortho nitro benzene ring substituents is 1. The minimum Gasteiger partial charge on any atom is -0.381 e. The van der Waals surface area contributed by atoms with E-state index in [0.29, 0.717) is 32.7 Å². The van der Waals surface area contributed by atoms with Crippen LogP contribution in [0, 0.1) is 10.1 Å². The maximum Gasteiger partial charge on any atom is 0.269 e. The Kier molecular flexibility index (Phi) is 5.71. The minimum absolute atomic E-state index is 0.0912. The normalized spacial score (nSPS) is 15.0. The fourth-order valence-corrected chi connectivity index (χ4v) is 2.46. The lowest BCUT2D eigenvalue weighted by atomic mass is 10.2. The van der Waals surface area contributed by atoms with Crippen LogP contribution in [0.1, 0.15) is 13.3 Å². The Morgan fingerprint density at radius 3 is 2.41 bits per heavy atom. The highest BCUT2D eigenvalue weighted by Crippen LogP contribution is 2.20. The van der Waals surface area contributed by atoms with Gasteiger partial charge >= 0.3 is 0 Å². The number of amides is 1. The smallest absolute Gasteiger partial charge is 0.269 e. The lowest BCUT2D eigenvalue weighted by molar-refractivity contribution is -0.384. The molecule has 0 aliphatic carbocycles. The molecule has 1 aliphatic heterocycles. The van der Waals surface area contributed by atoms with Crippen molar-refractivity contribution in [3.05, 3.63) is 34.4 Å². The highest BCUT2D eigenvalue weighted by Gasteiger charge is 2.21. The SMILES string of the molecule is CCOCCC(=O)N1CCN(c2ccc([N+](=O)[O-])cc2)CC1. The van der Waals surface area contributed by atoms with Gasteiger partial charge in [-0.2, -0.15) is 0 Å². The van der Waals surface area contributed by atoms with Crippen LogP contribution in [0.2, 0.25) is 0 Å². The summed E-state index contributed by atoms with van der Waals surface area (Å²) in [6.07, 6.45) is 0.422. The molecule has 1 aromatic carbocycles. The molecule has 7 nitrogen and oxygen atoms in total. The number of hydrogen-bond donors (Lipinski definition) is 0. The predicted molar refractivity (Wildman–Crippen MR) is 83.0 cm³/mol. The van der Waals surface area contributed by atoms with Gasteiger partial charge in [-0.3, -0.25) is 14.9 Å². The van der Waals surface area contributed by atoms with Gasteiger partial charge in [0.25, 0.3) is 5.69 Å². The highest BCUT2D eigenvalue weighted by atomic mass is 16.6. The first-order chi connectivity index (χ1) is 10.6. The number of hydrogen-bond acceptors (Lipinski definition) is 5. The van der Waals surface area contributed by atoms with Crippen LogP contribution >= 0.6 is 0 Å². The van der Waals surface area contributed by atoms with Gasteiger partial charge in [0.1, 0.15) is 0 Å². The molecular formula is C15H21N3O4. The number of anilines is 1. The minimum atomic E-state index is -0.404. The van der Waals surface area contributed by atoms with Crippen molar-refractivity contribution in [3.63, 3.8) is 0 Å². The van der Waals surface area contributed by atoms with Gasteiger partial charge in [0.05, 0.1) is 18.0 Å². The summed E-state index contributed by atoms with van der Waals surface area (Å²) in [6.45, 7) is 5.81. The van der Waals surface area contributed by atoms with Crippen molar-refractivity contribution in [2.45, 2.75) is 13.3 Å². The number of piperazine rings is 1. The van der Waals surface area contributed by atoms with E-state index in [1.807, 2.05) is 11.8 Å². The van der Waals surface area contributed by atoms with Crippen LogP contribution in [0.15, 0.2) is 24.3 Å². The van der Waals surface area contributed by atoms with Gasteiger partial charge < -0.3 is 14.5 Å². The van der Waals surface area contributed by atoms with Crippen molar-refractivity contribution in [2.24, 2.45) is 0 Å². The first kappa shape index (κ1) is 16.2. The fraction of sp³-hybridized carbons (Fsp3) is 0.533. The second kappa shape index (κ2) is 7.74. The van der Waals surface area contributed by atoms with E-state index in [-0.39, 0.29) is 11.6 Å². The largest absolute Gasteiger partial charge is 0.381 e. The Labute approximate surface area is 129 Å². The molecule has 0 radical (unpaired) electrons. The number of nitro groups is 1. The van der Waals surface area contributed by atoms with Crippen LogP contribution < -0.4 is 4.90 Å². The molecule has 1 aliphatic rings. The first-order valence-corrected chi connectivity index (χ1v) is 7.46. The summed E-state index contributed by atoms with van der Waals surface area (Å²) in [5.41, 5.74) is 1.04. The first-order valence-electron chi connectivity index (χ1n) is 7.46. The van der Waals surface area contributed by atoms with E-state index in [1.165, 1.54) is 12.1 Å². The zero-order chi connectivity index (χ0) is 15.9. The van der Waals surface area contributed by atoms with E-state index in [4.69, 9.17) is 4.74 Å². The lowest BCUT2D eigenvalue weighted by Gasteiger charge is -2.36. The van der Waals surface area contributed by atoms with Crippen LogP contribution in [0.25, 0.3) is 0 Å². The molecule has 0 aromatic heterocycles. The Balaban J connectivity index is 1.83. The molecule has 0 saturated carbocycles. The molecule has 120 valence electrons. The summed E-state index contributed by atoms with van der Waals surface area (Å²) in [7, 11) is 0. The van der Waals surface area contributed by atoms with Crippen LogP contribution in [-0.2, 0) is 9.53 Å². The number of benzene rings is 1. The molecule has 1 amide bonds. The third-order valence-corrected chi connectivity index (χ3v) is 3.72. The van der Waals surface area contributed by atoms with E-state index >= 15 is 0 Å². The average Bonchev–Trinajstić information content (AvgIpc) is 2.55. The Hall–Kier alpha value is -2.15. The van der Waals surface area contributed by atoms with Crippen molar-refractivity contribution < 1.29 is 14.5 Å². The maximum atomic E-state index is 12.0. The number of nitro benzene ring substituents is 1. The molecule has 0 bridgehead atoms. The summed E-state index contributed by atoms with van der Waals surface area (Å²) in [6, 6.07) is 6.53. The van der Waals surface area contributed by atoms with Gasteiger partial charge in [0.2, 0.25) is 5.91 Å². The van der Waals surface area contributed by atoms with E-state index in [1.54, 1.807) is 12.1 Å². The Bertz CT molecular complexity index is 510. The standard InChI is InChI=1S/C15H21N3O4/c1-2-22-12-7-15(19)17-10-8-16(9-11-17)13-3-5-14(6-4-13)18(20)21/h3-6H,2,7-12H2,1H3. The molecule has 0 atom stereocenters. The van der Waals surface area contributed by atoms with Crippen molar-refractivity contribution in [3.8, 4) is 0 Å². The van der Waals surface area contributed by atoms with E-state index in [2.05, 4.69) is 4.90 Å². The fourth-order valence-electron chi connectivity index (χ4n) is 2.46. The maximum absolute atomic E-state index is 12.0. The number of carbonyl (C=O) groups is 1. The Morgan fingerprint density at radius 2 is 1.86 bits per heavy atom. The Morgan fingerprint density at radius 1 is 1.23 bits per heavy atom. The van der Waals surface area contributed by atoms with E-state index < -0.39 is 4.92 Å². The topological polar surface area (TPSA) is 75.9 Å². The molecular weight excluding hydrogens is 286 g/mol. The second-order valence-corrected chi connectivity index (χ2v) is 5.09. The van der Waals surface area contributed by atoms with Gasteiger partial charge in [0.15, 0.2) is 0 Å². The highest BCUT2D eigenvalue weighted by molar-refractivity contribution is 5.76. The zero-order valence-corrected chi connectivity index (χ0v) is 12.7. The molecule has 1 heterocycles. The van der Waals surface area contributed by atoms with Crippen LogP contribution in [-0.4, -0.2) is 55.1 Å². The molecule has 0 unspecified atom stereocenters. The summed E-state index contributed by atoms with van der Waals surface area (Å²) >= 11 is 0. The van der Waals surface area contributed by atoms with E-state index in [0.717, 1.165) is 18.8 Å². The molecule has 22 heavy (non-hydrogen) atoms.